The molecular formula is C9H11N3O. The van der Waals surface area contributed by atoms with E-state index in [4.69, 9.17) is 0 Å². The first-order valence-electron chi connectivity index (χ1n) is 4.09. The second-order valence-corrected chi connectivity index (χ2v) is 3.54. The van der Waals surface area contributed by atoms with Crippen LogP contribution in [0, 0.1) is 0 Å². The van der Waals surface area contributed by atoms with Gasteiger partial charge in [-0.3, -0.25) is 0 Å². The highest BCUT2D eigenvalue weighted by Crippen LogP contribution is 2.17. The summed E-state index contributed by atoms with van der Waals surface area (Å²) in [5.74, 6) is 0. The maximum absolute atomic E-state index is 9.70. The van der Waals surface area contributed by atoms with Crippen molar-refractivity contribution in [2.24, 2.45) is 0 Å². The van der Waals surface area contributed by atoms with Crippen molar-refractivity contribution < 1.29 is 5.11 Å². The fraction of sp³-hybridized carbons (Fsp3) is 0.333. The summed E-state index contributed by atoms with van der Waals surface area (Å²) in [5.41, 5.74) is 0.671. The van der Waals surface area contributed by atoms with E-state index in [1.54, 1.807) is 37.0 Å². The lowest BCUT2D eigenvalue weighted by molar-refractivity contribution is 0.0777. The number of hydrogen-bond donors (Lipinski definition) is 1. The predicted molar refractivity (Wildman–Crippen MR) is 48.2 cm³/mol. The Morgan fingerprint density at radius 3 is 2.92 bits per heavy atom. The summed E-state index contributed by atoms with van der Waals surface area (Å²) in [6, 6.07) is 1.81. The zero-order valence-electron chi connectivity index (χ0n) is 7.60. The summed E-state index contributed by atoms with van der Waals surface area (Å²) < 4.78 is 1.65. The zero-order valence-corrected chi connectivity index (χ0v) is 7.60. The third-order valence-corrected chi connectivity index (χ3v) is 1.95. The summed E-state index contributed by atoms with van der Waals surface area (Å²) in [6.07, 6.45) is 5.12. The topological polar surface area (TPSA) is 50.4 Å². The zero-order chi connectivity index (χ0) is 9.47. The number of aromatic nitrogens is 3. The SMILES string of the molecule is CC(C)(O)c1cnc2ccnn2c1. The van der Waals surface area contributed by atoms with Gasteiger partial charge in [0, 0.05) is 24.0 Å². The van der Waals surface area contributed by atoms with Crippen LogP contribution < -0.4 is 0 Å². The van der Waals surface area contributed by atoms with Crippen molar-refractivity contribution in [1.29, 1.82) is 0 Å². The molecule has 2 aromatic heterocycles. The quantitative estimate of drug-likeness (QED) is 0.705. The van der Waals surface area contributed by atoms with E-state index >= 15 is 0 Å². The van der Waals surface area contributed by atoms with E-state index in [1.807, 2.05) is 6.07 Å². The number of hydrogen-bond acceptors (Lipinski definition) is 3. The van der Waals surface area contributed by atoms with Gasteiger partial charge in [-0.05, 0) is 13.8 Å². The lowest BCUT2D eigenvalue weighted by Crippen LogP contribution is -2.16. The molecule has 0 saturated heterocycles. The highest BCUT2D eigenvalue weighted by Gasteiger charge is 2.16. The Morgan fingerprint density at radius 1 is 1.46 bits per heavy atom. The van der Waals surface area contributed by atoms with E-state index < -0.39 is 5.60 Å². The second-order valence-electron chi connectivity index (χ2n) is 3.54. The van der Waals surface area contributed by atoms with Gasteiger partial charge < -0.3 is 5.11 Å². The molecule has 2 heterocycles. The minimum absolute atomic E-state index is 0.753. The van der Waals surface area contributed by atoms with Crippen molar-refractivity contribution >= 4 is 5.65 Å². The Morgan fingerprint density at radius 2 is 2.23 bits per heavy atom. The Labute approximate surface area is 75.8 Å². The fourth-order valence-electron chi connectivity index (χ4n) is 1.13. The lowest BCUT2D eigenvalue weighted by Gasteiger charge is -2.16. The Balaban J connectivity index is 2.61. The minimum Gasteiger partial charge on any atom is -0.386 e. The second kappa shape index (κ2) is 2.53. The molecule has 68 valence electrons. The van der Waals surface area contributed by atoms with Crippen LogP contribution in [0.5, 0.6) is 0 Å². The summed E-state index contributed by atoms with van der Waals surface area (Å²) in [7, 11) is 0. The summed E-state index contributed by atoms with van der Waals surface area (Å²) in [6.45, 7) is 3.44. The Kier molecular flexibility index (Phi) is 1.60. The summed E-state index contributed by atoms with van der Waals surface area (Å²) in [5, 5.41) is 13.7. The molecule has 2 aromatic rings. The molecule has 0 bridgehead atoms. The molecule has 0 aliphatic carbocycles. The molecule has 4 nitrogen and oxygen atoms in total. The van der Waals surface area contributed by atoms with Crippen LogP contribution in [-0.4, -0.2) is 19.7 Å². The van der Waals surface area contributed by atoms with Crippen LogP contribution in [0.1, 0.15) is 19.4 Å². The van der Waals surface area contributed by atoms with Gasteiger partial charge >= 0.3 is 0 Å². The summed E-state index contributed by atoms with van der Waals surface area (Å²) in [4.78, 5) is 4.15. The lowest BCUT2D eigenvalue weighted by atomic mass is 10.0. The maximum Gasteiger partial charge on any atom is 0.154 e. The Bertz CT molecular complexity index is 428. The normalized spacial score (nSPS) is 12.2. The monoisotopic (exact) mass is 177 g/mol. The molecule has 1 N–H and O–H groups in total. The van der Waals surface area contributed by atoms with Gasteiger partial charge in [-0.2, -0.15) is 5.10 Å². The molecule has 0 fully saturated rings. The van der Waals surface area contributed by atoms with Crippen LogP contribution in [0.25, 0.3) is 5.65 Å². The van der Waals surface area contributed by atoms with Crippen LogP contribution >= 0.6 is 0 Å². The van der Waals surface area contributed by atoms with Crippen LogP contribution in [0.15, 0.2) is 24.7 Å². The highest BCUT2D eigenvalue weighted by molar-refractivity contribution is 5.36. The molecule has 0 saturated carbocycles. The average Bonchev–Trinajstić information content (AvgIpc) is 2.47. The minimum atomic E-state index is -0.868. The van der Waals surface area contributed by atoms with E-state index in [1.165, 1.54) is 0 Å². The number of nitrogens with zero attached hydrogens (tertiary/aromatic N) is 3. The van der Waals surface area contributed by atoms with E-state index in [2.05, 4.69) is 10.1 Å². The third kappa shape index (κ3) is 1.40. The van der Waals surface area contributed by atoms with Gasteiger partial charge in [-0.25, -0.2) is 9.50 Å². The molecule has 0 spiro atoms. The maximum atomic E-state index is 9.70. The first-order valence-corrected chi connectivity index (χ1v) is 4.09. The number of aliphatic hydroxyl groups is 1. The molecule has 4 heteroatoms. The van der Waals surface area contributed by atoms with Crippen molar-refractivity contribution in [2.45, 2.75) is 19.4 Å². The van der Waals surface area contributed by atoms with Gasteiger partial charge in [0.25, 0.3) is 0 Å². The van der Waals surface area contributed by atoms with Gasteiger partial charge in [0.2, 0.25) is 0 Å². The van der Waals surface area contributed by atoms with Crippen LogP contribution in [-0.2, 0) is 5.60 Å². The van der Waals surface area contributed by atoms with Crippen LogP contribution in [0.3, 0.4) is 0 Å². The molecule has 0 aliphatic heterocycles. The number of fused-ring (bicyclic) bond motifs is 1. The van der Waals surface area contributed by atoms with Crippen molar-refractivity contribution in [3.05, 3.63) is 30.2 Å². The fourth-order valence-corrected chi connectivity index (χ4v) is 1.13. The molecule has 2 rings (SSSR count). The molecule has 0 atom stereocenters. The van der Waals surface area contributed by atoms with E-state index in [0.29, 0.717) is 0 Å². The van der Waals surface area contributed by atoms with Crippen LogP contribution in [0.2, 0.25) is 0 Å². The predicted octanol–water partition coefficient (Wildman–Crippen LogP) is 0.957. The van der Waals surface area contributed by atoms with Gasteiger partial charge in [0.1, 0.15) is 0 Å². The Hall–Kier alpha value is -1.42. The van der Waals surface area contributed by atoms with Crippen molar-refractivity contribution in [3.8, 4) is 0 Å². The van der Waals surface area contributed by atoms with E-state index in [9.17, 15) is 5.11 Å². The molecular weight excluding hydrogens is 166 g/mol. The van der Waals surface area contributed by atoms with E-state index in [0.717, 1.165) is 11.2 Å². The van der Waals surface area contributed by atoms with Gasteiger partial charge in [0.15, 0.2) is 5.65 Å². The van der Waals surface area contributed by atoms with Gasteiger partial charge in [-0.15, -0.1) is 0 Å². The first kappa shape index (κ1) is 8.19. The highest BCUT2D eigenvalue weighted by atomic mass is 16.3. The molecule has 0 radical (unpaired) electrons. The largest absolute Gasteiger partial charge is 0.386 e. The third-order valence-electron chi connectivity index (χ3n) is 1.95. The van der Waals surface area contributed by atoms with Crippen LogP contribution in [0.4, 0.5) is 0 Å². The first-order chi connectivity index (χ1) is 6.07. The summed E-state index contributed by atoms with van der Waals surface area (Å²) >= 11 is 0. The van der Waals surface area contributed by atoms with Crippen molar-refractivity contribution in [2.75, 3.05) is 0 Å². The van der Waals surface area contributed by atoms with Gasteiger partial charge in [-0.1, -0.05) is 0 Å². The standard InChI is InChI=1S/C9H11N3O/c1-9(2,13)7-5-10-8-3-4-11-12(8)6-7/h3-6,13H,1-2H3. The van der Waals surface area contributed by atoms with Crippen molar-refractivity contribution in [1.82, 2.24) is 14.6 Å². The number of rotatable bonds is 1. The van der Waals surface area contributed by atoms with E-state index in [-0.39, 0.29) is 0 Å². The average molecular weight is 177 g/mol. The smallest absolute Gasteiger partial charge is 0.154 e. The molecule has 13 heavy (non-hydrogen) atoms. The molecule has 0 aliphatic rings. The van der Waals surface area contributed by atoms with Crippen molar-refractivity contribution in [3.63, 3.8) is 0 Å². The molecule has 0 amide bonds. The molecule has 0 unspecified atom stereocenters. The van der Waals surface area contributed by atoms with Gasteiger partial charge in [0.05, 0.1) is 11.8 Å². The molecule has 0 aromatic carbocycles.